The van der Waals surface area contributed by atoms with Gasteiger partial charge >= 0.3 is 0 Å². The predicted molar refractivity (Wildman–Crippen MR) is 141 cm³/mol. The average Bonchev–Trinajstić information content (AvgIpc) is 2.87. The number of pyridine rings is 2. The van der Waals surface area contributed by atoms with Crippen LogP contribution in [0, 0.1) is 5.82 Å². The quantitative estimate of drug-likeness (QED) is 0.410. The van der Waals surface area contributed by atoms with Crippen molar-refractivity contribution in [3.8, 4) is 5.75 Å². The van der Waals surface area contributed by atoms with Gasteiger partial charge in [0.25, 0.3) is 0 Å². The first-order valence-electron chi connectivity index (χ1n) is 11.7. The van der Waals surface area contributed by atoms with E-state index in [2.05, 4.69) is 20.6 Å². The molecule has 198 valence electrons. The summed E-state index contributed by atoms with van der Waals surface area (Å²) in [5.41, 5.74) is 1.42. The largest absolute Gasteiger partial charge is 0.497 e. The summed E-state index contributed by atoms with van der Waals surface area (Å²) in [6, 6.07) is 8.01. The topological polar surface area (TPSA) is 99.6 Å². The zero-order valence-corrected chi connectivity index (χ0v) is 21.7. The Morgan fingerprint density at radius 3 is 2.97 bits per heavy atom. The number of amides is 1. The second kappa shape index (κ2) is 11.9. The SMILES string of the molecule is COc1cc(F)c2nccc([C@@H](O)CN3CC[C@H](NCc4ccc5c(n4)NC(=O)CS5)[C@H](F)C3)c2c1.Cl. The van der Waals surface area contributed by atoms with Gasteiger partial charge < -0.3 is 20.5 Å². The zero-order valence-electron chi connectivity index (χ0n) is 20.1. The summed E-state index contributed by atoms with van der Waals surface area (Å²) in [7, 11) is 1.45. The Bertz CT molecular complexity index is 1290. The van der Waals surface area contributed by atoms with E-state index in [4.69, 9.17) is 4.74 Å². The number of aliphatic hydroxyl groups excluding tert-OH is 1. The molecule has 0 bridgehead atoms. The number of nitrogens with one attached hydrogen (secondary N) is 2. The lowest BCUT2D eigenvalue weighted by Crippen LogP contribution is -2.51. The zero-order chi connectivity index (χ0) is 25.2. The van der Waals surface area contributed by atoms with Crippen molar-refractivity contribution >= 4 is 46.8 Å². The van der Waals surface area contributed by atoms with Crippen molar-refractivity contribution in [1.82, 2.24) is 20.2 Å². The molecule has 3 aromatic rings. The van der Waals surface area contributed by atoms with Crippen molar-refractivity contribution in [3.05, 3.63) is 53.6 Å². The minimum absolute atomic E-state index is 0. The number of methoxy groups -OCH3 is 1. The number of hydrogen-bond acceptors (Lipinski definition) is 8. The van der Waals surface area contributed by atoms with Crippen LogP contribution in [0.5, 0.6) is 5.75 Å². The molecule has 0 aliphatic carbocycles. The van der Waals surface area contributed by atoms with Gasteiger partial charge in [0.1, 0.15) is 23.3 Å². The first kappa shape index (κ1) is 27.5. The van der Waals surface area contributed by atoms with Crippen LogP contribution in [-0.2, 0) is 11.3 Å². The molecule has 3 atom stereocenters. The van der Waals surface area contributed by atoms with Gasteiger partial charge in [-0.2, -0.15) is 0 Å². The number of halogens is 3. The summed E-state index contributed by atoms with van der Waals surface area (Å²) < 4.78 is 34.6. The average molecular weight is 552 g/mol. The van der Waals surface area contributed by atoms with Gasteiger partial charge in [0.2, 0.25) is 5.91 Å². The maximum atomic E-state index is 15.0. The Balaban J connectivity index is 0.00000320. The normalized spacial score (nSPS) is 20.6. The van der Waals surface area contributed by atoms with E-state index in [0.29, 0.717) is 47.8 Å². The van der Waals surface area contributed by atoms with E-state index >= 15 is 4.39 Å². The number of thioether (sulfide) groups is 1. The molecule has 0 unspecified atom stereocenters. The maximum absolute atomic E-state index is 15.0. The molecule has 1 amide bonds. The molecule has 0 radical (unpaired) electrons. The number of fused-ring (bicyclic) bond motifs is 2. The summed E-state index contributed by atoms with van der Waals surface area (Å²) in [6.07, 6.45) is -0.0500. The molecule has 1 aromatic carbocycles. The first-order chi connectivity index (χ1) is 17.4. The number of carbonyl (C=O) groups excluding carboxylic acids is 1. The van der Waals surface area contributed by atoms with Gasteiger partial charge in [0, 0.05) is 43.3 Å². The van der Waals surface area contributed by atoms with Crippen molar-refractivity contribution in [1.29, 1.82) is 0 Å². The highest BCUT2D eigenvalue weighted by atomic mass is 35.5. The minimum Gasteiger partial charge on any atom is -0.497 e. The van der Waals surface area contributed by atoms with E-state index in [0.717, 1.165) is 10.6 Å². The third-order valence-electron chi connectivity index (χ3n) is 6.53. The lowest BCUT2D eigenvalue weighted by molar-refractivity contribution is -0.113. The van der Waals surface area contributed by atoms with Gasteiger partial charge in [0.05, 0.1) is 29.6 Å². The monoisotopic (exact) mass is 551 g/mol. The Hall–Kier alpha value is -2.57. The maximum Gasteiger partial charge on any atom is 0.235 e. The third kappa shape index (κ3) is 6.12. The molecule has 12 heteroatoms. The number of benzene rings is 1. The summed E-state index contributed by atoms with van der Waals surface area (Å²) in [4.78, 5) is 23.0. The van der Waals surface area contributed by atoms with Crippen LogP contribution in [0.15, 0.2) is 41.4 Å². The number of aromatic nitrogens is 2. The number of hydrogen-bond donors (Lipinski definition) is 3. The fraction of sp³-hybridized carbons (Fsp3) is 0.400. The molecule has 1 saturated heterocycles. The fourth-order valence-corrected chi connectivity index (χ4v) is 5.42. The van der Waals surface area contributed by atoms with Crippen molar-refractivity contribution < 1.29 is 23.4 Å². The number of aliphatic hydroxyl groups is 1. The number of β-amino-alcohol motifs (C(OH)–C–C–N with tert-alkyl or cyclic N) is 1. The van der Waals surface area contributed by atoms with Crippen molar-refractivity contribution in [2.24, 2.45) is 0 Å². The van der Waals surface area contributed by atoms with E-state index in [1.54, 1.807) is 12.1 Å². The summed E-state index contributed by atoms with van der Waals surface area (Å²) >= 11 is 1.45. The van der Waals surface area contributed by atoms with Crippen LogP contribution in [0.2, 0.25) is 0 Å². The Labute approximate surface area is 223 Å². The van der Waals surface area contributed by atoms with E-state index in [-0.39, 0.29) is 43.0 Å². The molecule has 37 heavy (non-hydrogen) atoms. The molecule has 1 fully saturated rings. The summed E-state index contributed by atoms with van der Waals surface area (Å²) in [5, 5.41) is 17.4. The molecule has 5 rings (SSSR count). The van der Waals surface area contributed by atoms with Gasteiger partial charge in [-0.05, 0) is 42.8 Å². The molecule has 2 aliphatic heterocycles. The van der Waals surface area contributed by atoms with Crippen LogP contribution in [0.3, 0.4) is 0 Å². The Morgan fingerprint density at radius 2 is 2.19 bits per heavy atom. The standard InChI is InChI=1S/C25H27F2N5O3S.ClH/c1-35-15-8-17-16(4-6-28-24(17)18(26)9-15)21(33)12-32-7-5-20(19(27)11-32)29-10-14-2-3-22-25(30-14)31-23(34)13-36-22;/h2-4,6,8-9,19-21,29,33H,5,7,10-13H2,1H3,(H,30,31,34);1H/t19-,20+,21+;/m1./s1. The highest BCUT2D eigenvalue weighted by Gasteiger charge is 2.30. The van der Waals surface area contributed by atoms with Crippen molar-refractivity contribution in [2.45, 2.75) is 36.2 Å². The van der Waals surface area contributed by atoms with Gasteiger partial charge in [0.15, 0.2) is 5.82 Å². The number of carbonyl (C=O) groups is 1. The third-order valence-corrected chi connectivity index (χ3v) is 7.58. The fourth-order valence-electron chi connectivity index (χ4n) is 4.66. The highest BCUT2D eigenvalue weighted by molar-refractivity contribution is 8.00. The van der Waals surface area contributed by atoms with Gasteiger partial charge in [-0.3, -0.25) is 14.7 Å². The number of piperidine rings is 1. The first-order valence-corrected chi connectivity index (χ1v) is 12.7. The van der Waals surface area contributed by atoms with Gasteiger partial charge in [-0.1, -0.05) is 0 Å². The molecule has 0 saturated carbocycles. The van der Waals surface area contributed by atoms with Gasteiger partial charge in [-0.15, -0.1) is 24.2 Å². The van der Waals surface area contributed by atoms with E-state index in [1.165, 1.54) is 31.1 Å². The molecule has 8 nitrogen and oxygen atoms in total. The number of rotatable bonds is 7. The van der Waals surface area contributed by atoms with E-state index < -0.39 is 18.1 Å². The van der Waals surface area contributed by atoms with Crippen molar-refractivity contribution in [2.75, 3.05) is 37.8 Å². The highest BCUT2D eigenvalue weighted by Crippen LogP contribution is 2.31. The Morgan fingerprint density at radius 1 is 1.35 bits per heavy atom. The molecule has 4 heterocycles. The van der Waals surface area contributed by atoms with Crippen LogP contribution in [0.4, 0.5) is 14.6 Å². The number of ether oxygens (including phenoxy) is 1. The molecule has 0 spiro atoms. The van der Waals surface area contributed by atoms with Crippen LogP contribution in [0.25, 0.3) is 10.9 Å². The number of anilines is 1. The molecule has 3 N–H and O–H groups in total. The summed E-state index contributed by atoms with van der Waals surface area (Å²) in [6.45, 7) is 1.37. The number of alkyl halides is 1. The molecular formula is C25H28ClF2N5O3S. The molecule has 2 aliphatic rings. The van der Waals surface area contributed by atoms with Crippen LogP contribution in [-0.4, -0.2) is 70.6 Å². The predicted octanol–water partition coefficient (Wildman–Crippen LogP) is 3.48. The van der Waals surface area contributed by atoms with Crippen molar-refractivity contribution in [3.63, 3.8) is 0 Å². The number of nitrogens with zero attached hydrogens (tertiary/aromatic N) is 3. The minimum atomic E-state index is -1.13. The lowest BCUT2D eigenvalue weighted by Gasteiger charge is -2.36. The van der Waals surface area contributed by atoms with E-state index in [9.17, 15) is 14.3 Å². The van der Waals surface area contributed by atoms with Crippen LogP contribution in [0.1, 0.15) is 23.8 Å². The molecular weight excluding hydrogens is 524 g/mol. The Kier molecular flexibility index (Phi) is 8.81. The number of likely N-dealkylation sites (tertiary alicyclic amines) is 1. The second-order valence-corrected chi connectivity index (χ2v) is 9.98. The second-order valence-electron chi connectivity index (χ2n) is 8.96. The molecule has 2 aromatic heterocycles. The van der Waals surface area contributed by atoms with Crippen LogP contribution < -0.4 is 15.4 Å². The smallest absolute Gasteiger partial charge is 0.235 e. The van der Waals surface area contributed by atoms with E-state index in [1.807, 2.05) is 17.0 Å². The van der Waals surface area contributed by atoms with Gasteiger partial charge in [-0.25, -0.2) is 13.8 Å². The summed E-state index contributed by atoms with van der Waals surface area (Å²) in [5.74, 6) is 0.672. The van der Waals surface area contributed by atoms with Crippen LogP contribution >= 0.6 is 24.2 Å². The lowest BCUT2D eigenvalue weighted by atomic mass is 10.00.